The average Bonchev–Trinajstić information content (AvgIpc) is 2.41. The Bertz CT molecular complexity index is 422. The smallest absolute Gasteiger partial charge is 0.240 e. The van der Waals surface area contributed by atoms with Crippen LogP contribution in [0, 0.1) is 0 Å². The lowest BCUT2D eigenvalue weighted by Gasteiger charge is -2.32. The largest absolute Gasteiger partial charge is 0.481 e. The number of nitrogens with zero attached hydrogens (tertiary/aromatic N) is 2. The molecule has 1 N–H and O–H groups in total. The number of rotatable bonds is 4. The molecule has 0 saturated carbocycles. The van der Waals surface area contributed by atoms with Crippen LogP contribution in [0.3, 0.4) is 0 Å². The van der Waals surface area contributed by atoms with Gasteiger partial charge in [0.05, 0.1) is 25.4 Å². The molecule has 0 aliphatic carbocycles. The third kappa shape index (κ3) is 2.79. The number of ether oxygens (including phenoxy) is 1. The summed E-state index contributed by atoms with van der Waals surface area (Å²) in [6, 6.07) is 5.56. The van der Waals surface area contributed by atoms with E-state index in [0.717, 1.165) is 25.2 Å². The van der Waals surface area contributed by atoms with Crippen molar-refractivity contribution in [3.63, 3.8) is 0 Å². The molecule has 1 aliphatic heterocycles. The Morgan fingerprint density at radius 3 is 3.11 bits per heavy atom. The Morgan fingerprint density at radius 1 is 1.56 bits per heavy atom. The lowest BCUT2D eigenvalue weighted by molar-refractivity contribution is -0.136. The fraction of sp³-hybridized carbons (Fsp3) is 0.538. The van der Waals surface area contributed by atoms with Gasteiger partial charge in [0, 0.05) is 19.2 Å². The molecule has 1 aliphatic rings. The van der Waals surface area contributed by atoms with Crippen LogP contribution in [0.4, 0.5) is 0 Å². The molecule has 0 spiro atoms. The molecule has 1 unspecified atom stereocenters. The van der Waals surface area contributed by atoms with Gasteiger partial charge >= 0.3 is 0 Å². The molecule has 5 nitrogen and oxygen atoms in total. The average molecular weight is 249 g/mol. The van der Waals surface area contributed by atoms with Gasteiger partial charge in [-0.2, -0.15) is 0 Å². The van der Waals surface area contributed by atoms with Gasteiger partial charge in [0.15, 0.2) is 0 Å². The van der Waals surface area contributed by atoms with Crippen LogP contribution in [-0.2, 0) is 11.3 Å². The van der Waals surface area contributed by atoms with Gasteiger partial charge in [-0.3, -0.25) is 4.79 Å². The minimum atomic E-state index is -0.0515. The fourth-order valence-electron chi connectivity index (χ4n) is 2.12. The third-order valence-corrected chi connectivity index (χ3v) is 3.13. The molecule has 1 amide bonds. The zero-order chi connectivity index (χ0) is 13.0. The van der Waals surface area contributed by atoms with Crippen LogP contribution in [-0.4, -0.2) is 42.0 Å². The highest BCUT2D eigenvalue weighted by molar-refractivity contribution is 5.82. The molecule has 0 radical (unpaired) electrons. The number of hydrogen-bond acceptors (Lipinski definition) is 4. The van der Waals surface area contributed by atoms with E-state index in [-0.39, 0.29) is 11.9 Å². The van der Waals surface area contributed by atoms with Gasteiger partial charge in [-0.1, -0.05) is 13.0 Å². The lowest BCUT2D eigenvalue weighted by atomic mass is 10.1. The number of nitrogens with one attached hydrogen (secondary N) is 1. The van der Waals surface area contributed by atoms with Crippen molar-refractivity contribution in [3.8, 4) is 5.88 Å². The first-order chi connectivity index (χ1) is 8.74. The summed E-state index contributed by atoms with van der Waals surface area (Å²) >= 11 is 0. The van der Waals surface area contributed by atoms with Crippen LogP contribution < -0.4 is 10.1 Å². The number of carbonyl (C=O) groups is 1. The quantitative estimate of drug-likeness (QED) is 0.857. The van der Waals surface area contributed by atoms with Gasteiger partial charge in [0.1, 0.15) is 0 Å². The van der Waals surface area contributed by atoms with Crippen LogP contribution in [0.15, 0.2) is 18.2 Å². The van der Waals surface area contributed by atoms with Crippen molar-refractivity contribution >= 4 is 5.91 Å². The summed E-state index contributed by atoms with van der Waals surface area (Å²) in [6.45, 7) is 4.14. The van der Waals surface area contributed by atoms with Gasteiger partial charge < -0.3 is 15.0 Å². The van der Waals surface area contributed by atoms with Crippen LogP contribution in [0.1, 0.15) is 19.0 Å². The maximum absolute atomic E-state index is 12.1. The Labute approximate surface area is 107 Å². The minimum Gasteiger partial charge on any atom is -0.481 e. The van der Waals surface area contributed by atoms with E-state index in [9.17, 15) is 4.79 Å². The first kappa shape index (κ1) is 12.8. The molecule has 1 saturated heterocycles. The van der Waals surface area contributed by atoms with E-state index >= 15 is 0 Å². The Hall–Kier alpha value is -1.62. The van der Waals surface area contributed by atoms with Gasteiger partial charge in [-0.05, 0) is 12.5 Å². The van der Waals surface area contributed by atoms with E-state index in [1.807, 2.05) is 24.0 Å². The molecule has 2 rings (SSSR count). The summed E-state index contributed by atoms with van der Waals surface area (Å²) in [5.74, 6) is 0.746. The van der Waals surface area contributed by atoms with Crippen molar-refractivity contribution in [2.75, 3.05) is 20.2 Å². The van der Waals surface area contributed by atoms with Gasteiger partial charge in [0.25, 0.3) is 0 Å². The molecular formula is C13H19N3O2. The van der Waals surface area contributed by atoms with E-state index in [1.54, 1.807) is 13.2 Å². The highest BCUT2D eigenvalue weighted by Gasteiger charge is 2.26. The summed E-state index contributed by atoms with van der Waals surface area (Å²) in [5.41, 5.74) is 0.861. The standard InChI is InChI=1S/C13H19N3O2/c1-3-11-13(17)16(8-7-14-11)9-10-5-4-6-12(15-10)18-2/h4-6,11,14H,3,7-9H2,1-2H3. The molecule has 18 heavy (non-hydrogen) atoms. The minimum absolute atomic E-state index is 0.0515. The highest BCUT2D eigenvalue weighted by Crippen LogP contribution is 2.12. The van der Waals surface area contributed by atoms with Crippen molar-refractivity contribution in [3.05, 3.63) is 23.9 Å². The zero-order valence-corrected chi connectivity index (χ0v) is 10.8. The Balaban J connectivity index is 2.05. The molecule has 1 aromatic rings. The molecule has 1 aromatic heterocycles. The molecule has 0 bridgehead atoms. The third-order valence-electron chi connectivity index (χ3n) is 3.13. The second-order valence-electron chi connectivity index (χ2n) is 4.35. The van der Waals surface area contributed by atoms with Crippen LogP contribution in [0.5, 0.6) is 5.88 Å². The monoisotopic (exact) mass is 249 g/mol. The maximum Gasteiger partial charge on any atom is 0.240 e. The number of amides is 1. The molecule has 98 valence electrons. The summed E-state index contributed by atoms with van der Waals surface area (Å²) in [6.07, 6.45) is 0.820. The van der Waals surface area contributed by atoms with Gasteiger partial charge in [-0.25, -0.2) is 4.98 Å². The van der Waals surface area contributed by atoms with Crippen molar-refractivity contribution in [1.29, 1.82) is 0 Å². The first-order valence-corrected chi connectivity index (χ1v) is 6.26. The van der Waals surface area contributed by atoms with E-state index < -0.39 is 0 Å². The summed E-state index contributed by atoms with van der Waals surface area (Å²) in [4.78, 5) is 18.3. The van der Waals surface area contributed by atoms with Gasteiger partial charge in [-0.15, -0.1) is 0 Å². The van der Waals surface area contributed by atoms with Crippen LogP contribution in [0.25, 0.3) is 0 Å². The van der Waals surface area contributed by atoms with Crippen molar-refractivity contribution in [2.24, 2.45) is 0 Å². The molecule has 0 aromatic carbocycles. The fourth-order valence-corrected chi connectivity index (χ4v) is 2.12. The van der Waals surface area contributed by atoms with E-state index in [2.05, 4.69) is 10.3 Å². The summed E-state index contributed by atoms with van der Waals surface area (Å²) in [7, 11) is 1.59. The first-order valence-electron chi connectivity index (χ1n) is 6.26. The topological polar surface area (TPSA) is 54.5 Å². The molecule has 1 atom stereocenters. The number of hydrogen-bond donors (Lipinski definition) is 1. The number of pyridine rings is 1. The number of piperazine rings is 1. The Morgan fingerprint density at radius 2 is 2.39 bits per heavy atom. The van der Waals surface area contributed by atoms with Gasteiger partial charge in [0.2, 0.25) is 11.8 Å². The molecule has 5 heteroatoms. The number of carbonyl (C=O) groups excluding carboxylic acids is 1. The van der Waals surface area contributed by atoms with Crippen molar-refractivity contribution in [1.82, 2.24) is 15.2 Å². The van der Waals surface area contributed by atoms with E-state index in [4.69, 9.17) is 4.74 Å². The SMILES string of the molecule is CCC1NCCN(Cc2cccc(OC)n2)C1=O. The van der Waals surface area contributed by atoms with Crippen LogP contribution in [0.2, 0.25) is 0 Å². The number of aromatic nitrogens is 1. The Kier molecular flexibility index (Phi) is 4.15. The molecule has 2 heterocycles. The zero-order valence-electron chi connectivity index (χ0n) is 10.8. The number of methoxy groups -OCH3 is 1. The van der Waals surface area contributed by atoms with Crippen molar-refractivity contribution < 1.29 is 9.53 Å². The van der Waals surface area contributed by atoms with E-state index in [0.29, 0.717) is 12.4 Å². The summed E-state index contributed by atoms with van der Waals surface area (Å²) in [5, 5.41) is 3.22. The normalized spacial score (nSPS) is 20.0. The summed E-state index contributed by atoms with van der Waals surface area (Å²) < 4.78 is 5.09. The second-order valence-corrected chi connectivity index (χ2v) is 4.35. The van der Waals surface area contributed by atoms with Crippen LogP contribution >= 0.6 is 0 Å². The molecule has 1 fully saturated rings. The maximum atomic E-state index is 12.1. The van der Waals surface area contributed by atoms with E-state index in [1.165, 1.54) is 0 Å². The van der Waals surface area contributed by atoms with Crippen molar-refractivity contribution in [2.45, 2.75) is 25.9 Å². The predicted molar refractivity (Wildman–Crippen MR) is 68.3 cm³/mol. The lowest BCUT2D eigenvalue weighted by Crippen LogP contribution is -2.54. The second kappa shape index (κ2) is 5.82. The molecular weight excluding hydrogens is 230 g/mol. The predicted octanol–water partition coefficient (Wildman–Crippen LogP) is 0.801. The highest BCUT2D eigenvalue weighted by atomic mass is 16.5.